The third-order valence-electron chi connectivity index (χ3n) is 2.46. The highest BCUT2D eigenvalue weighted by atomic mass is 19.2. The molecule has 0 spiro atoms. The Morgan fingerprint density at radius 1 is 1.25 bits per heavy atom. The molecule has 2 rings (SSSR count). The lowest BCUT2D eigenvalue weighted by Gasteiger charge is -2.09. The van der Waals surface area contributed by atoms with Crippen LogP contribution in [0.25, 0.3) is 0 Å². The molecule has 0 saturated carbocycles. The molecule has 1 heterocycles. The van der Waals surface area contributed by atoms with E-state index in [1.165, 1.54) is 0 Å². The maximum atomic E-state index is 13.4. The number of hydrogen-bond donors (Lipinski definition) is 3. The zero-order chi connectivity index (χ0) is 14.9. The Labute approximate surface area is 110 Å². The minimum Gasteiger partial charge on any atom is -0.478 e. The molecule has 0 aliphatic heterocycles. The Bertz CT molecular complexity index is 692. The van der Waals surface area contributed by atoms with Crippen LogP contribution < -0.4 is 11.1 Å². The molecular weight excluding hydrogens is 275 g/mol. The number of nitrogen functional groups attached to an aromatic ring is 1. The van der Waals surface area contributed by atoms with E-state index in [-0.39, 0.29) is 22.8 Å². The number of nitrogens with two attached hydrogens (primary N) is 1. The van der Waals surface area contributed by atoms with Crippen LogP contribution in [0.2, 0.25) is 0 Å². The van der Waals surface area contributed by atoms with E-state index in [0.717, 1.165) is 24.4 Å². The number of nitrogens with one attached hydrogen (secondary N) is 1. The molecule has 0 saturated heterocycles. The van der Waals surface area contributed by atoms with Crippen LogP contribution in [0.15, 0.2) is 24.4 Å². The third-order valence-corrected chi connectivity index (χ3v) is 2.46. The number of aromatic carboxylic acids is 1. The van der Waals surface area contributed by atoms with Crippen LogP contribution in [-0.2, 0) is 0 Å². The number of aromatic nitrogens is 1. The van der Waals surface area contributed by atoms with Gasteiger partial charge in [0.15, 0.2) is 17.5 Å². The van der Waals surface area contributed by atoms with E-state index in [1.807, 2.05) is 0 Å². The number of carbonyl (C=O) groups is 1. The predicted octanol–water partition coefficient (Wildman–Crippen LogP) is 2.52. The van der Waals surface area contributed by atoms with Gasteiger partial charge in [-0.1, -0.05) is 0 Å². The maximum absolute atomic E-state index is 13.4. The van der Waals surface area contributed by atoms with Crippen LogP contribution in [0, 0.1) is 17.5 Å². The normalized spacial score (nSPS) is 10.3. The van der Waals surface area contributed by atoms with Crippen molar-refractivity contribution >= 4 is 23.2 Å². The Balaban J connectivity index is 2.38. The molecule has 0 radical (unpaired) electrons. The van der Waals surface area contributed by atoms with E-state index in [4.69, 9.17) is 10.8 Å². The van der Waals surface area contributed by atoms with Gasteiger partial charge in [-0.25, -0.2) is 22.9 Å². The van der Waals surface area contributed by atoms with Crippen molar-refractivity contribution in [3.05, 3.63) is 47.4 Å². The zero-order valence-corrected chi connectivity index (χ0v) is 9.82. The molecule has 20 heavy (non-hydrogen) atoms. The average Bonchev–Trinajstić information content (AvgIpc) is 2.41. The summed E-state index contributed by atoms with van der Waals surface area (Å²) in [5.74, 6) is -5.76. The highest BCUT2D eigenvalue weighted by Gasteiger charge is 2.15. The molecule has 8 heteroatoms. The second-order valence-corrected chi connectivity index (χ2v) is 3.81. The quantitative estimate of drug-likeness (QED) is 0.753. The van der Waals surface area contributed by atoms with Crippen LogP contribution in [0.3, 0.4) is 0 Å². The molecule has 0 amide bonds. The summed E-state index contributed by atoms with van der Waals surface area (Å²) in [6.45, 7) is 0. The highest BCUT2D eigenvalue weighted by Crippen LogP contribution is 2.24. The van der Waals surface area contributed by atoms with E-state index < -0.39 is 23.4 Å². The molecule has 0 unspecified atom stereocenters. The van der Waals surface area contributed by atoms with Crippen molar-refractivity contribution < 1.29 is 23.1 Å². The number of carboxylic acid groups (broad SMARTS) is 1. The number of hydrogen-bond acceptors (Lipinski definition) is 4. The van der Waals surface area contributed by atoms with Gasteiger partial charge in [-0.3, -0.25) is 0 Å². The van der Waals surface area contributed by atoms with Crippen LogP contribution in [0.1, 0.15) is 10.4 Å². The predicted molar refractivity (Wildman–Crippen MR) is 65.2 cm³/mol. The highest BCUT2D eigenvalue weighted by molar-refractivity contribution is 5.94. The smallest absolute Gasteiger partial charge is 0.337 e. The van der Waals surface area contributed by atoms with E-state index >= 15 is 0 Å². The van der Waals surface area contributed by atoms with Gasteiger partial charge in [-0.2, -0.15) is 0 Å². The third kappa shape index (κ3) is 2.48. The van der Waals surface area contributed by atoms with Crippen molar-refractivity contribution in [3.8, 4) is 0 Å². The number of pyridine rings is 1. The molecule has 0 bridgehead atoms. The van der Waals surface area contributed by atoms with E-state index in [0.29, 0.717) is 0 Å². The summed E-state index contributed by atoms with van der Waals surface area (Å²) < 4.78 is 39.2. The van der Waals surface area contributed by atoms with E-state index in [9.17, 15) is 18.0 Å². The SMILES string of the molecule is Nc1cnc(Nc2ccc(F)c(F)c2F)cc1C(=O)O. The van der Waals surface area contributed by atoms with Crippen LogP contribution in [0.5, 0.6) is 0 Å². The van der Waals surface area contributed by atoms with Gasteiger partial charge in [0.25, 0.3) is 0 Å². The number of carboxylic acids is 1. The van der Waals surface area contributed by atoms with Crippen molar-refractivity contribution in [1.29, 1.82) is 0 Å². The first-order valence-corrected chi connectivity index (χ1v) is 5.29. The summed E-state index contributed by atoms with van der Waals surface area (Å²) in [4.78, 5) is 14.6. The first kappa shape index (κ1) is 13.7. The van der Waals surface area contributed by atoms with Gasteiger partial charge in [-0.05, 0) is 18.2 Å². The van der Waals surface area contributed by atoms with Gasteiger partial charge in [0.05, 0.1) is 23.1 Å². The first-order chi connectivity index (χ1) is 9.40. The van der Waals surface area contributed by atoms with Gasteiger partial charge in [0.1, 0.15) is 5.82 Å². The molecule has 1 aromatic carbocycles. The molecule has 1 aromatic heterocycles. The first-order valence-electron chi connectivity index (χ1n) is 5.29. The Kier molecular flexibility index (Phi) is 3.47. The van der Waals surface area contributed by atoms with Crippen molar-refractivity contribution in [2.75, 3.05) is 11.1 Å². The summed E-state index contributed by atoms with van der Waals surface area (Å²) in [5.41, 5.74) is 4.71. The zero-order valence-electron chi connectivity index (χ0n) is 9.82. The molecule has 0 aliphatic carbocycles. The average molecular weight is 283 g/mol. The molecule has 0 aliphatic rings. The second-order valence-electron chi connectivity index (χ2n) is 3.81. The fourth-order valence-electron chi connectivity index (χ4n) is 1.48. The molecule has 2 aromatic rings. The van der Waals surface area contributed by atoms with Crippen molar-refractivity contribution in [2.45, 2.75) is 0 Å². The molecule has 104 valence electrons. The Hall–Kier alpha value is -2.77. The lowest BCUT2D eigenvalue weighted by Crippen LogP contribution is -2.06. The van der Waals surface area contributed by atoms with Gasteiger partial charge in [0.2, 0.25) is 0 Å². The minimum absolute atomic E-state index is 0.0680. The number of rotatable bonds is 3. The van der Waals surface area contributed by atoms with Crippen LogP contribution >= 0.6 is 0 Å². The lowest BCUT2D eigenvalue weighted by atomic mass is 10.2. The molecule has 0 fully saturated rings. The Morgan fingerprint density at radius 2 is 1.95 bits per heavy atom. The summed E-state index contributed by atoms with van der Waals surface area (Å²) in [7, 11) is 0. The number of nitrogens with zero attached hydrogens (tertiary/aromatic N) is 1. The summed E-state index contributed by atoms with van der Waals surface area (Å²) in [5, 5.41) is 11.2. The minimum atomic E-state index is -1.64. The van der Waals surface area contributed by atoms with E-state index in [1.54, 1.807) is 0 Å². The number of benzene rings is 1. The maximum Gasteiger partial charge on any atom is 0.337 e. The lowest BCUT2D eigenvalue weighted by molar-refractivity contribution is 0.0698. The van der Waals surface area contributed by atoms with Crippen LogP contribution in [0.4, 0.5) is 30.4 Å². The fourth-order valence-corrected chi connectivity index (χ4v) is 1.48. The topological polar surface area (TPSA) is 88.2 Å². The monoisotopic (exact) mass is 283 g/mol. The van der Waals surface area contributed by atoms with Gasteiger partial charge >= 0.3 is 5.97 Å². The summed E-state index contributed by atoms with van der Waals surface area (Å²) in [6.07, 6.45) is 1.06. The number of halogens is 3. The number of anilines is 3. The summed E-state index contributed by atoms with van der Waals surface area (Å²) >= 11 is 0. The van der Waals surface area contributed by atoms with Crippen LogP contribution in [-0.4, -0.2) is 16.1 Å². The standard InChI is InChI=1S/C12H8F3N3O2/c13-6-1-2-8(11(15)10(6)14)18-9-3-5(12(19)20)7(16)4-17-9/h1-4H,16H2,(H,17,18)(H,19,20). The second kappa shape index (κ2) is 5.08. The summed E-state index contributed by atoms with van der Waals surface area (Å²) in [6, 6.07) is 2.75. The van der Waals surface area contributed by atoms with Gasteiger partial charge < -0.3 is 16.2 Å². The fraction of sp³-hybridized carbons (Fsp3) is 0. The molecule has 0 atom stereocenters. The van der Waals surface area contributed by atoms with Crippen molar-refractivity contribution in [1.82, 2.24) is 4.98 Å². The molecule has 5 nitrogen and oxygen atoms in total. The van der Waals surface area contributed by atoms with Gasteiger partial charge in [0, 0.05) is 0 Å². The largest absolute Gasteiger partial charge is 0.478 e. The molecular formula is C12H8F3N3O2. The van der Waals surface area contributed by atoms with Crippen molar-refractivity contribution in [3.63, 3.8) is 0 Å². The van der Waals surface area contributed by atoms with E-state index in [2.05, 4.69) is 10.3 Å². The molecule has 4 N–H and O–H groups in total. The van der Waals surface area contributed by atoms with Gasteiger partial charge in [-0.15, -0.1) is 0 Å². The van der Waals surface area contributed by atoms with Crippen molar-refractivity contribution in [2.24, 2.45) is 0 Å². The Morgan fingerprint density at radius 3 is 2.60 bits per heavy atom.